The van der Waals surface area contributed by atoms with E-state index in [9.17, 15) is 22.8 Å². The lowest BCUT2D eigenvalue weighted by Gasteiger charge is -2.10. The summed E-state index contributed by atoms with van der Waals surface area (Å²) in [5, 5.41) is 19.7. The molecule has 104 valence electrons. The lowest BCUT2D eigenvalue weighted by molar-refractivity contribution is -0.125. The number of phenols is 1. The van der Waals surface area contributed by atoms with Crippen molar-refractivity contribution in [1.82, 2.24) is 5.32 Å². The first kappa shape index (κ1) is 14.8. The standard InChI is InChI=1S/C10H9F3N2O4/c11-4-1-3(6(12)8(17)7(4)13)10(19)15-2-5(16)9(14)18/h1,5,16-17H,2H2,(H2,14,18)(H,15,19). The highest BCUT2D eigenvalue weighted by Gasteiger charge is 2.23. The van der Waals surface area contributed by atoms with E-state index in [1.54, 1.807) is 0 Å². The Balaban J connectivity index is 2.92. The molecule has 0 aliphatic heterocycles. The molecular weight excluding hydrogens is 269 g/mol. The summed E-state index contributed by atoms with van der Waals surface area (Å²) in [6, 6.07) is 0.233. The molecule has 6 nitrogen and oxygen atoms in total. The van der Waals surface area contributed by atoms with Crippen molar-refractivity contribution in [3.8, 4) is 5.75 Å². The molecule has 1 aromatic rings. The predicted octanol–water partition coefficient (Wildman–Crippen LogP) is -0.615. The van der Waals surface area contributed by atoms with Crippen LogP contribution in [-0.2, 0) is 4.79 Å². The van der Waals surface area contributed by atoms with Gasteiger partial charge < -0.3 is 21.3 Å². The Labute approximate surface area is 104 Å². The number of halogens is 3. The van der Waals surface area contributed by atoms with E-state index in [0.717, 1.165) is 0 Å². The van der Waals surface area contributed by atoms with E-state index >= 15 is 0 Å². The van der Waals surface area contributed by atoms with Crippen molar-refractivity contribution < 1.29 is 33.0 Å². The molecule has 1 unspecified atom stereocenters. The molecule has 0 bridgehead atoms. The van der Waals surface area contributed by atoms with Crippen LogP contribution in [0.2, 0.25) is 0 Å². The molecule has 9 heteroatoms. The van der Waals surface area contributed by atoms with Crippen LogP contribution in [0.3, 0.4) is 0 Å². The minimum Gasteiger partial charge on any atom is -0.503 e. The van der Waals surface area contributed by atoms with Gasteiger partial charge in [0.25, 0.3) is 5.91 Å². The molecule has 0 heterocycles. The molecule has 0 aromatic heterocycles. The number of benzene rings is 1. The number of rotatable bonds is 4. The third-order valence-electron chi connectivity index (χ3n) is 2.16. The van der Waals surface area contributed by atoms with Gasteiger partial charge in [0.05, 0.1) is 12.1 Å². The number of hydrogen-bond donors (Lipinski definition) is 4. The number of aromatic hydroxyl groups is 1. The molecule has 2 amide bonds. The normalized spacial score (nSPS) is 12.0. The molecular formula is C10H9F3N2O4. The fourth-order valence-corrected chi connectivity index (χ4v) is 1.14. The number of nitrogens with two attached hydrogens (primary N) is 1. The van der Waals surface area contributed by atoms with Gasteiger partial charge in [0, 0.05) is 0 Å². The van der Waals surface area contributed by atoms with Gasteiger partial charge in [-0.3, -0.25) is 9.59 Å². The van der Waals surface area contributed by atoms with E-state index in [2.05, 4.69) is 0 Å². The quantitative estimate of drug-likeness (QED) is 0.550. The monoisotopic (exact) mass is 278 g/mol. The largest absolute Gasteiger partial charge is 0.503 e. The third-order valence-corrected chi connectivity index (χ3v) is 2.16. The van der Waals surface area contributed by atoms with Crippen LogP contribution in [0.15, 0.2) is 6.07 Å². The summed E-state index contributed by atoms with van der Waals surface area (Å²) in [6.07, 6.45) is -1.72. The van der Waals surface area contributed by atoms with Gasteiger partial charge in [-0.1, -0.05) is 0 Å². The lowest BCUT2D eigenvalue weighted by Crippen LogP contribution is -2.40. The fraction of sp³-hybridized carbons (Fsp3) is 0.200. The number of carbonyl (C=O) groups is 2. The minimum atomic E-state index is -1.83. The van der Waals surface area contributed by atoms with Gasteiger partial charge in [-0.2, -0.15) is 4.39 Å². The Hall–Kier alpha value is -2.29. The Morgan fingerprint density at radius 1 is 1.32 bits per heavy atom. The molecule has 0 saturated heterocycles. The van der Waals surface area contributed by atoms with Crippen molar-refractivity contribution in [2.24, 2.45) is 5.73 Å². The van der Waals surface area contributed by atoms with E-state index in [4.69, 9.17) is 15.9 Å². The first-order valence-corrected chi connectivity index (χ1v) is 4.87. The molecule has 5 N–H and O–H groups in total. The van der Waals surface area contributed by atoms with Gasteiger partial charge >= 0.3 is 0 Å². The van der Waals surface area contributed by atoms with E-state index in [1.165, 1.54) is 0 Å². The fourth-order valence-electron chi connectivity index (χ4n) is 1.14. The van der Waals surface area contributed by atoms with Gasteiger partial charge in [-0.15, -0.1) is 0 Å². The number of carbonyl (C=O) groups excluding carboxylic acids is 2. The smallest absolute Gasteiger partial charge is 0.254 e. The van der Waals surface area contributed by atoms with E-state index in [-0.39, 0.29) is 6.07 Å². The maximum Gasteiger partial charge on any atom is 0.254 e. The zero-order valence-electron chi connectivity index (χ0n) is 9.28. The summed E-state index contributed by atoms with van der Waals surface area (Å²) >= 11 is 0. The topological polar surface area (TPSA) is 113 Å². The van der Waals surface area contributed by atoms with Crippen molar-refractivity contribution in [2.75, 3.05) is 6.54 Å². The number of primary amides is 1. The molecule has 0 aliphatic carbocycles. The number of amides is 2. The number of aliphatic hydroxyl groups is 1. The number of aliphatic hydroxyl groups excluding tert-OH is 1. The van der Waals surface area contributed by atoms with E-state index < -0.39 is 53.2 Å². The summed E-state index contributed by atoms with van der Waals surface area (Å²) in [5.74, 6) is -9.14. The van der Waals surface area contributed by atoms with E-state index in [0.29, 0.717) is 0 Å². The highest BCUT2D eigenvalue weighted by Crippen LogP contribution is 2.25. The van der Waals surface area contributed by atoms with Crippen LogP contribution in [0.4, 0.5) is 13.2 Å². The number of phenolic OH excluding ortho intramolecular Hbond substituents is 1. The molecule has 1 atom stereocenters. The average Bonchev–Trinajstić information content (AvgIpc) is 2.37. The molecule has 0 aliphatic rings. The minimum absolute atomic E-state index is 0.233. The maximum absolute atomic E-state index is 13.3. The van der Waals surface area contributed by atoms with Crippen molar-refractivity contribution in [2.45, 2.75) is 6.10 Å². The van der Waals surface area contributed by atoms with Crippen LogP contribution < -0.4 is 11.1 Å². The van der Waals surface area contributed by atoms with Crippen molar-refractivity contribution in [3.63, 3.8) is 0 Å². The van der Waals surface area contributed by atoms with Crippen LogP contribution in [0.1, 0.15) is 10.4 Å². The van der Waals surface area contributed by atoms with Crippen molar-refractivity contribution in [3.05, 3.63) is 29.1 Å². The van der Waals surface area contributed by atoms with Gasteiger partial charge in [-0.25, -0.2) is 8.78 Å². The summed E-state index contributed by atoms with van der Waals surface area (Å²) in [6.45, 7) is -0.645. The Morgan fingerprint density at radius 3 is 2.42 bits per heavy atom. The highest BCUT2D eigenvalue weighted by atomic mass is 19.2. The van der Waals surface area contributed by atoms with Crippen molar-refractivity contribution >= 4 is 11.8 Å². The maximum atomic E-state index is 13.3. The zero-order chi connectivity index (χ0) is 14.7. The number of hydrogen-bond acceptors (Lipinski definition) is 4. The predicted molar refractivity (Wildman–Crippen MR) is 55.5 cm³/mol. The molecule has 0 spiro atoms. The van der Waals surface area contributed by atoms with Gasteiger partial charge in [0.2, 0.25) is 11.7 Å². The molecule has 1 rings (SSSR count). The van der Waals surface area contributed by atoms with Crippen molar-refractivity contribution in [1.29, 1.82) is 0 Å². The van der Waals surface area contributed by atoms with Gasteiger partial charge in [0.1, 0.15) is 6.10 Å². The summed E-state index contributed by atoms with van der Waals surface area (Å²) in [5.41, 5.74) is 3.72. The van der Waals surface area contributed by atoms with Gasteiger partial charge in [0.15, 0.2) is 17.4 Å². The second-order valence-corrected chi connectivity index (χ2v) is 3.51. The lowest BCUT2D eigenvalue weighted by atomic mass is 10.1. The van der Waals surface area contributed by atoms with Crippen LogP contribution in [-0.4, -0.2) is 34.7 Å². The van der Waals surface area contributed by atoms with E-state index in [1.807, 2.05) is 5.32 Å². The molecule has 0 radical (unpaired) electrons. The van der Waals surface area contributed by atoms with Crippen LogP contribution in [0, 0.1) is 17.5 Å². The molecule has 19 heavy (non-hydrogen) atoms. The Kier molecular flexibility index (Phi) is 4.33. The summed E-state index contributed by atoms with van der Waals surface area (Å²) < 4.78 is 39.0. The first-order chi connectivity index (χ1) is 8.75. The van der Waals surface area contributed by atoms with Gasteiger partial charge in [-0.05, 0) is 6.07 Å². The summed E-state index contributed by atoms with van der Waals surface area (Å²) in [7, 11) is 0. The molecule has 0 fully saturated rings. The van der Waals surface area contributed by atoms with Crippen LogP contribution in [0.5, 0.6) is 5.75 Å². The summed E-state index contributed by atoms with van der Waals surface area (Å²) in [4.78, 5) is 21.9. The Bertz CT molecular complexity index is 536. The average molecular weight is 278 g/mol. The third kappa shape index (κ3) is 3.13. The number of nitrogens with one attached hydrogen (secondary N) is 1. The molecule has 1 aromatic carbocycles. The molecule has 0 saturated carbocycles. The van der Waals surface area contributed by atoms with Crippen LogP contribution in [0.25, 0.3) is 0 Å². The zero-order valence-corrected chi connectivity index (χ0v) is 9.28. The highest BCUT2D eigenvalue weighted by molar-refractivity contribution is 5.95. The second kappa shape index (κ2) is 5.57. The Morgan fingerprint density at radius 2 is 1.89 bits per heavy atom. The first-order valence-electron chi connectivity index (χ1n) is 4.87. The SMILES string of the molecule is NC(=O)C(O)CNC(=O)c1cc(F)c(F)c(O)c1F. The van der Waals surface area contributed by atoms with Crippen LogP contribution >= 0.6 is 0 Å². The second-order valence-electron chi connectivity index (χ2n) is 3.51.